The van der Waals surface area contributed by atoms with Gasteiger partial charge in [0.1, 0.15) is 11.4 Å². The second-order valence-corrected chi connectivity index (χ2v) is 9.30. The van der Waals surface area contributed by atoms with Crippen LogP contribution in [0.2, 0.25) is 0 Å². The van der Waals surface area contributed by atoms with E-state index in [1.54, 1.807) is 0 Å². The van der Waals surface area contributed by atoms with Gasteiger partial charge >= 0.3 is 5.69 Å². The first-order valence-corrected chi connectivity index (χ1v) is 11.0. The summed E-state index contributed by atoms with van der Waals surface area (Å²) in [6, 6.07) is 7.84. The van der Waals surface area contributed by atoms with Crippen molar-refractivity contribution in [2.24, 2.45) is 5.92 Å². The van der Waals surface area contributed by atoms with Gasteiger partial charge in [-0.1, -0.05) is 49.1 Å². The molecule has 2 heterocycles. The molecular weight excluding hydrogens is 424 g/mol. The number of aryl methyl sites for hydroxylation is 1. The van der Waals surface area contributed by atoms with Crippen molar-refractivity contribution in [3.8, 4) is 0 Å². The van der Waals surface area contributed by atoms with Crippen LogP contribution in [0.15, 0.2) is 38.2 Å². The summed E-state index contributed by atoms with van der Waals surface area (Å²) in [6.07, 6.45) is 0. The number of H-pyrrole nitrogens is 1. The smallest absolute Gasteiger partial charge is 0.329 e. The van der Waals surface area contributed by atoms with Crippen molar-refractivity contribution in [2.45, 2.75) is 31.7 Å². The Balaban J connectivity index is 1.71. The average molecular weight is 447 g/mol. The lowest BCUT2D eigenvalue weighted by Gasteiger charge is -2.13. The summed E-state index contributed by atoms with van der Waals surface area (Å²) >= 11 is 2.46. The normalized spacial score (nSPS) is 11.1. The van der Waals surface area contributed by atoms with E-state index in [2.05, 4.69) is 20.5 Å². The topological polar surface area (TPSA) is 136 Å². The molecule has 0 aliphatic heterocycles. The van der Waals surface area contributed by atoms with Crippen molar-refractivity contribution in [1.29, 1.82) is 0 Å². The number of nitrogens with zero attached hydrogens (tertiary/aromatic N) is 3. The predicted molar refractivity (Wildman–Crippen MR) is 120 cm³/mol. The number of benzene rings is 1. The van der Waals surface area contributed by atoms with E-state index in [4.69, 9.17) is 5.73 Å². The van der Waals surface area contributed by atoms with Gasteiger partial charge in [-0.2, -0.15) is 0 Å². The molecule has 0 bridgehead atoms. The molecule has 0 unspecified atom stereocenters. The van der Waals surface area contributed by atoms with Crippen LogP contribution in [0.5, 0.6) is 0 Å². The number of anilines is 3. The zero-order chi connectivity index (χ0) is 21.8. The van der Waals surface area contributed by atoms with Gasteiger partial charge in [-0.15, -0.1) is 10.2 Å². The lowest BCUT2D eigenvalue weighted by atomic mass is 10.2. The molecule has 158 valence electrons. The zero-order valence-electron chi connectivity index (χ0n) is 16.8. The molecule has 0 aliphatic carbocycles. The highest BCUT2D eigenvalue weighted by Gasteiger charge is 2.20. The van der Waals surface area contributed by atoms with Gasteiger partial charge in [-0.3, -0.25) is 19.1 Å². The fraction of sp³-hybridized carbons (Fsp3) is 0.316. The van der Waals surface area contributed by atoms with Gasteiger partial charge in [0.05, 0.1) is 5.75 Å². The molecule has 3 rings (SSSR count). The molecule has 0 spiro atoms. The molecule has 3 aromatic rings. The van der Waals surface area contributed by atoms with Crippen LogP contribution in [0, 0.1) is 12.8 Å². The van der Waals surface area contributed by atoms with Crippen LogP contribution in [-0.2, 0) is 6.54 Å². The lowest BCUT2D eigenvalue weighted by molar-refractivity contribution is 0.102. The quantitative estimate of drug-likeness (QED) is 0.355. The molecule has 0 atom stereocenters. The molecule has 1 aromatic carbocycles. The minimum Gasteiger partial charge on any atom is -0.384 e. The largest absolute Gasteiger partial charge is 0.384 e. The number of aromatic amines is 1. The number of rotatable bonds is 8. The fourth-order valence-electron chi connectivity index (χ4n) is 2.77. The highest BCUT2D eigenvalue weighted by Crippen LogP contribution is 2.28. The number of carbonyl (C=O) groups is 1. The van der Waals surface area contributed by atoms with E-state index in [1.165, 1.54) is 15.9 Å². The number of carbonyl (C=O) groups excluding carboxylic acids is 1. The molecule has 0 amide bonds. The molecule has 30 heavy (non-hydrogen) atoms. The summed E-state index contributed by atoms with van der Waals surface area (Å²) in [5.74, 6) is -0.512. The maximum Gasteiger partial charge on any atom is 0.329 e. The van der Waals surface area contributed by atoms with Gasteiger partial charge in [-0.05, 0) is 30.5 Å². The Labute approximate surface area is 180 Å². The van der Waals surface area contributed by atoms with Gasteiger partial charge in [0.15, 0.2) is 10.1 Å². The number of nitrogens with two attached hydrogens (primary N) is 1. The molecule has 2 aromatic heterocycles. The second kappa shape index (κ2) is 9.26. The van der Waals surface area contributed by atoms with Gasteiger partial charge < -0.3 is 11.1 Å². The number of aromatic nitrogens is 4. The van der Waals surface area contributed by atoms with E-state index in [0.717, 1.165) is 23.0 Å². The van der Waals surface area contributed by atoms with E-state index in [9.17, 15) is 14.4 Å². The third-order valence-electron chi connectivity index (χ3n) is 4.07. The number of nitrogens with one attached hydrogen (secondary N) is 2. The molecule has 9 nitrogen and oxygen atoms in total. The van der Waals surface area contributed by atoms with Gasteiger partial charge in [0.2, 0.25) is 5.13 Å². The molecule has 0 aliphatic rings. The Morgan fingerprint density at radius 1 is 1.33 bits per heavy atom. The van der Waals surface area contributed by atoms with Crippen molar-refractivity contribution < 1.29 is 4.79 Å². The van der Waals surface area contributed by atoms with E-state index in [0.29, 0.717) is 16.0 Å². The minimum atomic E-state index is -0.776. The lowest BCUT2D eigenvalue weighted by Crippen LogP contribution is -2.37. The van der Waals surface area contributed by atoms with Crippen LogP contribution in [0.3, 0.4) is 0 Å². The van der Waals surface area contributed by atoms with Crippen LogP contribution >= 0.6 is 23.1 Å². The Hall–Kier alpha value is -2.92. The maximum atomic E-state index is 12.6. The highest BCUT2D eigenvalue weighted by atomic mass is 32.2. The van der Waals surface area contributed by atoms with Crippen LogP contribution in [0.4, 0.5) is 16.6 Å². The Kier molecular flexibility index (Phi) is 6.73. The number of nitrogen functional groups attached to an aromatic ring is 1. The number of ketones is 1. The third-order valence-corrected chi connectivity index (χ3v) is 6.04. The summed E-state index contributed by atoms with van der Waals surface area (Å²) in [7, 11) is 0. The molecule has 11 heteroatoms. The molecule has 0 saturated carbocycles. The van der Waals surface area contributed by atoms with Crippen LogP contribution in [0.1, 0.15) is 29.8 Å². The van der Waals surface area contributed by atoms with E-state index >= 15 is 0 Å². The molecule has 4 N–H and O–H groups in total. The first kappa shape index (κ1) is 21.8. The predicted octanol–water partition coefficient (Wildman–Crippen LogP) is 2.65. The van der Waals surface area contributed by atoms with E-state index in [-0.39, 0.29) is 23.1 Å². The first-order chi connectivity index (χ1) is 14.2. The fourth-order valence-corrected chi connectivity index (χ4v) is 4.41. The summed E-state index contributed by atoms with van der Waals surface area (Å²) in [4.78, 5) is 39.0. The van der Waals surface area contributed by atoms with E-state index < -0.39 is 17.0 Å². The van der Waals surface area contributed by atoms with Gasteiger partial charge in [-0.25, -0.2) is 4.79 Å². The van der Waals surface area contributed by atoms with Crippen molar-refractivity contribution in [2.75, 3.05) is 16.8 Å². The Morgan fingerprint density at radius 3 is 2.80 bits per heavy atom. The third kappa shape index (κ3) is 5.16. The summed E-state index contributed by atoms with van der Waals surface area (Å²) < 4.78 is 1.79. The SMILES string of the molecule is Cc1cccc(Nc2nnc(SCC(=O)c3c(N)n(CC(C)C)c(=O)[nH]c3=O)s2)c1. The standard InChI is InChI=1S/C19H22N6O3S2/c1-10(2)8-25-15(20)14(16(27)22-18(25)28)13(26)9-29-19-24-23-17(30-19)21-12-6-4-5-11(3)7-12/h4-7,10H,8-9,20H2,1-3H3,(H,21,23)(H,22,27,28). The number of hydrogen-bond acceptors (Lipinski definition) is 9. The molecule has 0 fully saturated rings. The number of hydrogen-bond donors (Lipinski definition) is 3. The van der Waals surface area contributed by atoms with E-state index in [1.807, 2.05) is 45.0 Å². The molecule has 0 saturated heterocycles. The van der Waals surface area contributed by atoms with Crippen molar-refractivity contribution in [3.63, 3.8) is 0 Å². The van der Waals surface area contributed by atoms with Crippen molar-refractivity contribution >= 4 is 45.5 Å². The first-order valence-electron chi connectivity index (χ1n) is 9.20. The zero-order valence-corrected chi connectivity index (χ0v) is 18.4. The van der Waals surface area contributed by atoms with Crippen LogP contribution in [-0.4, -0.2) is 31.3 Å². The van der Waals surface area contributed by atoms with Crippen LogP contribution in [0.25, 0.3) is 0 Å². The van der Waals surface area contributed by atoms with Gasteiger partial charge in [0.25, 0.3) is 5.56 Å². The Morgan fingerprint density at radius 2 is 2.10 bits per heavy atom. The second-order valence-electron chi connectivity index (χ2n) is 7.10. The molecular formula is C19H22N6O3S2. The summed E-state index contributed by atoms with van der Waals surface area (Å²) in [5, 5.41) is 11.9. The van der Waals surface area contributed by atoms with Crippen LogP contribution < -0.4 is 22.3 Å². The van der Waals surface area contributed by atoms with Crippen molar-refractivity contribution in [1.82, 2.24) is 19.7 Å². The summed E-state index contributed by atoms with van der Waals surface area (Å²) in [5.41, 5.74) is 6.40. The average Bonchev–Trinajstić information content (AvgIpc) is 3.10. The molecule has 0 radical (unpaired) electrons. The summed E-state index contributed by atoms with van der Waals surface area (Å²) in [6.45, 7) is 6.12. The Bertz CT molecular complexity index is 1180. The highest BCUT2D eigenvalue weighted by molar-refractivity contribution is 8.01. The van der Waals surface area contributed by atoms with Crippen molar-refractivity contribution in [3.05, 3.63) is 56.2 Å². The maximum absolute atomic E-state index is 12.6. The number of Topliss-reactive ketones (excluding diaryl/α,β-unsaturated/α-hetero) is 1. The monoisotopic (exact) mass is 446 g/mol. The van der Waals surface area contributed by atoms with Gasteiger partial charge in [0, 0.05) is 12.2 Å². The number of thioether (sulfide) groups is 1. The minimum absolute atomic E-state index is 0.0494.